The average molecular weight is 357 g/mol. The van der Waals surface area contributed by atoms with Gasteiger partial charge in [-0.3, -0.25) is 9.78 Å². The molecule has 2 aromatic rings. The summed E-state index contributed by atoms with van der Waals surface area (Å²) in [6, 6.07) is 3.91. The predicted octanol–water partition coefficient (Wildman–Crippen LogP) is 2.13. The minimum atomic E-state index is -0.271. The molecule has 2 aliphatic rings. The Kier molecular flexibility index (Phi) is 4.50. The third-order valence-corrected chi connectivity index (χ3v) is 5.39. The Morgan fingerprint density at radius 2 is 2.12 bits per heavy atom. The number of carbonyl (C=O) groups excluding carboxylic acids is 1. The number of aryl methyl sites for hydroxylation is 2. The van der Waals surface area contributed by atoms with Crippen molar-refractivity contribution in [2.75, 3.05) is 26.3 Å². The lowest BCUT2D eigenvalue weighted by atomic mass is 9.81. The van der Waals surface area contributed by atoms with Crippen molar-refractivity contribution in [3.05, 3.63) is 47.1 Å². The Balaban J connectivity index is 1.34. The number of hydrogen-bond donors (Lipinski definition) is 0. The van der Waals surface area contributed by atoms with Gasteiger partial charge in [-0.25, -0.2) is 0 Å². The van der Waals surface area contributed by atoms with Crippen LogP contribution < -0.4 is 0 Å². The number of aromatic nitrogens is 2. The number of hydrogen-bond acceptors (Lipinski definition) is 6. The molecule has 0 bridgehead atoms. The second-order valence-electron chi connectivity index (χ2n) is 7.13. The van der Waals surface area contributed by atoms with Crippen LogP contribution in [0.2, 0.25) is 0 Å². The fourth-order valence-electron chi connectivity index (χ4n) is 3.86. The summed E-state index contributed by atoms with van der Waals surface area (Å²) in [5.41, 5.74) is 2.05. The maximum Gasteiger partial charge on any atom is 0.259 e. The summed E-state index contributed by atoms with van der Waals surface area (Å²) in [5, 5.41) is 3.87. The topological polar surface area (TPSA) is 77.7 Å². The minimum Gasteiger partial charge on any atom is -0.376 e. The molecule has 26 heavy (non-hydrogen) atoms. The highest BCUT2D eigenvalue weighted by molar-refractivity contribution is 5.96. The van der Waals surface area contributed by atoms with Crippen LogP contribution in [0.15, 0.2) is 29.0 Å². The van der Waals surface area contributed by atoms with E-state index >= 15 is 0 Å². The molecule has 1 spiro atoms. The Hall–Kier alpha value is -2.25. The predicted molar refractivity (Wildman–Crippen MR) is 92.6 cm³/mol. The molecule has 2 saturated heterocycles. The molecule has 1 amide bonds. The summed E-state index contributed by atoms with van der Waals surface area (Å²) in [6.45, 7) is 6.67. The van der Waals surface area contributed by atoms with Gasteiger partial charge in [-0.2, -0.15) is 0 Å². The van der Waals surface area contributed by atoms with E-state index in [4.69, 9.17) is 14.0 Å². The molecule has 4 rings (SSSR count). The highest BCUT2D eigenvalue weighted by atomic mass is 16.5. The molecule has 138 valence electrons. The molecular formula is C19H23N3O4. The first kappa shape index (κ1) is 17.2. The zero-order valence-electron chi connectivity index (χ0n) is 15.1. The summed E-state index contributed by atoms with van der Waals surface area (Å²) in [4.78, 5) is 18.5. The molecule has 4 heterocycles. The van der Waals surface area contributed by atoms with Gasteiger partial charge in [-0.1, -0.05) is 5.16 Å². The molecule has 7 heteroatoms. The van der Waals surface area contributed by atoms with Crippen molar-refractivity contribution >= 4 is 5.91 Å². The van der Waals surface area contributed by atoms with Crippen LogP contribution in [0.5, 0.6) is 0 Å². The smallest absolute Gasteiger partial charge is 0.259 e. The summed E-state index contributed by atoms with van der Waals surface area (Å²) >= 11 is 0. The van der Waals surface area contributed by atoms with Crippen molar-refractivity contribution in [1.82, 2.24) is 15.0 Å². The van der Waals surface area contributed by atoms with E-state index in [1.165, 1.54) is 0 Å². The number of ether oxygens (including phenoxy) is 2. The van der Waals surface area contributed by atoms with Gasteiger partial charge in [0, 0.05) is 24.9 Å². The zero-order valence-corrected chi connectivity index (χ0v) is 15.1. The standard InChI is InChI=1S/C19H23N3O4/c1-13-17(14(2)26-21-13)18(23)22-11-19(12-22)16(5-8-25-19)10-24-9-15-3-6-20-7-4-15/h3-4,6-7,16H,5,8-12H2,1-2H3. The van der Waals surface area contributed by atoms with Crippen LogP contribution in [0, 0.1) is 19.8 Å². The van der Waals surface area contributed by atoms with Crippen LogP contribution in [0.3, 0.4) is 0 Å². The first-order valence-corrected chi connectivity index (χ1v) is 8.92. The minimum absolute atomic E-state index is 0.0289. The molecule has 0 aliphatic carbocycles. The van der Waals surface area contributed by atoms with Gasteiger partial charge in [0.15, 0.2) is 0 Å². The molecule has 1 unspecified atom stereocenters. The van der Waals surface area contributed by atoms with E-state index in [0.717, 1.165) is 18.6 Å². The number of rotatable bonds is 5. The van der Waals surface area contributed by atoms with Crippen LogP contribution in [-0.4, -0.2) is 52.9 Å². The SMILES string of the molecule is Cc1noc(C)c1C(=O)N1CC2(C1)OCCC2COCc1ccncc1. The third-order valence-electron chi connectivity index (χ3n) is 5.39. The molecule has 0 aromatic carbocycles. The van der Waals surface area contributed by atoms with E-state index in [9.17, 15) is 4.79 Å². The molecule has 1 atom stereocenters. The third kappa shape index (κ3) is 3.01. The number of carbonyl (C=O) groups is 1. The van der Waals surface area contributed by atoms with E-state index < -0.39 is 0 Å². The van der Waals surface area contributed by atoms with E-state index in [0.29, 0.717) is 49.2 Å². The number of amides is 1. The quantitative estimate of drug-likeness (QED) is 0.816. The molecule has 2 aliphatic heterocycles. The van der Waals surface area contributed by atoms with Gasteiger partial charge in [0.2, 0.25) is 0 Å². The van der Waals surface area contributed by atoms with Gasteiger partial charge in [0.1, 0.15) is 16.9 Å². The maximum absolute atomic E-state index is 12.7. The maximum atomic E-state index is 12.7. The van der Waals surface area contributed by atoms with Gasteiger partial charge in [0.25, 0.3) is 5.91 Å². The Morgan fingerprint density at radius 3 is 2.81 bits per heavy atom. The van der Waals surface area contributed by atoms with Crippen LogP contribution in [-0.2, 0) is 16.1 Å². The molecule has 0 radical (unpaired) electrons. The summed E-state index contributed by atoms with van der Waals surface area (Å²) in [5.74, 6) is 0.843. The lowest BCUT2D eigenvalue weighted by molar-refractivity contribution is -0.129. The summed E-state index contributed by atoms with van der Waals surface area (Å²) in [7, 11) is 0. The van der Waals surface area contributed by atoms with Crippen LogP contribution in [0.25, 0.3) is 0 Å². The average Bonchev–Trinajstić information content (AvgIpc) is 3.17. The zero-order chi connectivity index (χ0) is 18.1. The van der Waals surface area contributed by atoms with E-state index in [1.54, 1.807) is 26.2 Å². The Morgan fingerprint density at radius 1 is 1.35 bits per heavy atom. The van der Waals surface area contributed by atoms with Gasteiger partial charge < -0.3 is 18.9 Å². The fraction of sp³-hybridized carbons (Fsp3) is 0.526. The lowest BCUT2D eigenvalue weighted by Crippen LogP contribution is -2.66. The summed E-state index contributed by atoms with van der Waals surface area (Å²) < 4.78 is 17.0. The second-order valence-corrected chi connectivity index (χ2v) is 7.13. The van der Waals surface area contributed by atoms with Gasteiger partial charge in [-0.15, -0.1) is 0 Å². The first-order valence-electron chi connectivity index (χ1n) is 8.92. The van der Waals surface area contributed by atoms with Crippen molar-refractivity contribution in [2.24, 2.45) is 5.92 Å². The number of nitrogens with zero attached hydrogens (tertiary/aromatic N) is 3. The first-order chi connectivity index (χ1) is 12.6. The van der Waals surface area contributed by atoms with Crippen molar-refractivity contribution in [3.63, 3.8) is 0 Å². The highest BCUT2D eigenvalue weighted by Gasteiger charge is 2.54. The highest BCUT2D eigenvalue weighted by Crippen LogP contribution is 2.41. The van der Waals surface area contributed by atoms with Gasteiger partial charge in [0.05, 0.1) is 32.0 Å². The molecule has 2 aromatic heterocycles. The van der Waals surface area contributed by atoms with Crippen molar-refractivity contribution in [3.8, 4) is 0 Å². The monoisotopic (exact) mass is 357 g/mol. The van der Waals surface area contributed by atoms with Crippen LogP contribution in [0.1, 0.15) is 33.8 Å². The van der Waals surface area contributed by atoms with Crippen molar-refractivity contribution in [1.29, 1.82) is 0 Å². The molecule has 0 N–H and O–H groups in total. The van der Waals surface area contributed by atoms with E-state index in [-0.39, 0.29) is 11.5 Å². The van der Waals surface area contributed by atoms with Gasteiger partial charge in [-0.05, 0) is 38.0 Å². The van der Waals surface area contributed by atoms with E-state index in [2.05, 4.69) is 10.1 Å². The Bertz CT molecular complexity index is 764. The molecule has 7 nitrogen and oxygen atoms in total. The second kappa shape index (κ2) is 6.81. The van der Waals surface area contributed by atoms with Gasteiger partial charge >= 0.3 is 0 Å². The van der Waals surface area contributed by atoms with Crippen LogP contribution in [0.4, 0.5) is 0 Å². The number of likely N-dealkylation sites (tertiary alicyclic amines) is 1. The fourth-order valence-corrected chi connectivity index (χ4v) is 3.86. The number of pyridine rings is 1. The summed E-state index contributed by atoms with van der Waals surface area (Å²) in [6.07, 6.45) is 4.50. The molecular weight excluding hydrogens is 334 g/mol. The van der Waals surface area contributed by atoms with Crippen molar-refractivity contribution in [2.45, 2.75) is 32.5 Å². The van der Waals surface area contributed by atoms with Crippen molar-refractivity contribution < 1.29 is 18.8 Å². The normalized spacial score (nSPS) is 21.2. The molecule has 0 saturated carbocycles. The lowest BCUT2D eigenvalue weighted by Gasteiger charge is -2.50. The largest absolute Gasteiger partial charge is 0.376 e. The Labute approximate surface area is 152 Å². The molecule has 2 fully saturated rings. The van der Waals surface area contributed by atoms with E-state index in [1.807, 2.05) is 17.0 Å². The van der Waals surface area contributed by atoms with Crippen LogP contribution >= 0.6 is 0 Å².